The average molecular weight is 287 g/mol. The summed E-state index contributed by atoms with van der Waals surface area (Å²) in [5.41, 5.74) is 1.31. The van der Waals surface area contributed by atoms with Crippen molar-refractivity contribution >= 4 is 11.7 Å². The number of aromatic nitrogens is 3. The normalized spacial score (nSPS) is 21.5. The molecule has 0 saturated carbocycles. The molecule has 7 nitrogen and oxygen atoms in total. The Kier molecular flexibility index (Phi) is 3.57. The number of aliphatic hydroxyl groups excluding tert-OH is 1. The molecule has 0 aliphatic carbocycles. The fourth-order valence-corrected chi connectivity index (χ4v) is 2.45. The molecule has 0 radical (unpaired) electrons. The summed E-state index contributed by atoms with van der Waals surface area (Å²) in [6, 6.07) is 5.43. The molecule has 3 rings (SSSR count). The summed E-state index contributed by atoms with van der Waals surface area (Å²) < 4.78 is 0. The van der Waals surface area contributed by atoms with Gasteiger partial charge in [0, 0.05) is 18.8 Å². The van der Waals surface area contributed by atoms with Gasteiger partial charge in [-0.3, -0.25) is 4.79 Å². The smallest absolute Gasteiger partial charge is 0.269 e. The Balaban J connectivity index is 1.67. The van der Waals surface area contributed by atoms with Gasteiger partial charge < -0.3 is 20.3 Å². The van der Waals surface area contributed by atoms with E-state index in [1.807, 2.05) is 30.0 Å². The van der Waals surface area contributed by atoms with Gasteiger partial charge in [0.2, 0.25) is 0 Å². The van der Waals surface area contributed by atoms with Crippen LogP contribution in [0.3, 0.4) is 0 Å². The number of anilines is 1. The summed E-state index contributed by atoms with van der Waals surface area (Å²) in [5, 5.41) is 12.9. The molecular weight excluding hydrogens is 270 g/mol. The predicted octanol–water partition coefficient (Wildman–Crippen LogP) is 0.0926. The number of H-pyrrole nitrogens is 1. The minimum absolute atomic E-state index is 0.268. The van der Waals surface area contributed by atoms with Crippen molar-refractivity contribution in [2.24, 2.45) is 0 Å². The number of amides is 1. The summed E-state index contributed by atoms with van der Waals surface area (Å²) in [7, 11) is 0. The summed E-state index contributed by atoms with van der Waals surface area (Å²) in [4.78, 5) is 24.9. The van der Waals surface area contributed by atoms with Crippen molar-refractivity contribution in [3.63, 3.8) is 0 Å². The zero-order chi connectivity index (χ0) is 14.8. The van der Waals surface area contributed by atoms with E-state index in [0.29, 0.717) is 18.8 Å². The number of β-amino-alcohol motifs (C(OH)–C–C–N with tert-alkyl or cyclic N) is 1. The lowest BCUT2D eigenvalue weighted by molar-refractivity contribution is 0.0884. The van der Waals surface area contributed by atoms with Crippen LogP contribution in [-0.4, -0.2) is 51.2 Å². The van der Waals surface area contributed by atoms with Gasteiger partial charge in [-0.05, 0) is 19.1 Å². The molecule has 2 aromatic rings. The van der Waals surface area contributed by atoms with E-state index in [2.05, 4.69) is 20.3 Å². The largest absolute Gasteiger partial charge is 0.389 e. The molecule has 0 aromatic carbocycles. The molecule has 110 valence electrons. The average Bonchev–Trinajstić information content (AvgIpc) is 3.09. The van der Waals surface area contributed by atoms with Crippen molar-refractivity contribution in [1.82, 2.24) is 20.3 Å². The third-order valence-electron chi connectivity index (χ3n) is 3.55. The van der Waals surface area contributed by atoms with E-state index >= 15 is 0 Å². The SMILES string of the molecule is Cc1cccc(N2C[C@@H](O)[C@H](NC(=O)c3cnc[nH]3)C2)n1. The van der Waals surface area contributed by atoms with Crippen molar-refractivity contribution in [2.45, 2.75) is 19.1 Å². The van der Waals surface area contributed by atoms with Gasteiger partial charge >= 0.3 is 0 Å². The number of rotatable bonds is 3. The first kappa shape index (κ1) is 13.6. The Morgan fingerprint density at radius 3 is 3.05 bits per heavy atom. The maximum Gasteiger partial charge on any atom is 0.269 e. The molecule has 3 N–H and O–H groups in total. The fraction of sp³-hybridized carbons (Fsp3) is 0.357. The third kappa shape index (κ3) is 2.87. The molecule has 2 aromatic heterocycles. The zero-order valence-electron chi connectivity index (χ0n) is 11.7. The summed E-state index contributed by atoms with van der Waals surface area (Å²) >= 11 is 0. The van der Waals surface area contributed by atoms with E-state index in [1.165, 1.54) is 12.5 Å². The van der Waals surface area contributed by atoms with Crippen LogP contribution in [0.15, 0.2) is 30.7 Å². The van der Waals surface area contributed by atoms with E-state index in [9.17, 15) is 9.90 Å². The van der Waals surface area contributed by atoms with Gasteiger partial charge in [-0.2, -0.15) is 0 Å². The van der Waals surface area contributed by atoms with Gasteiger partial charge in [-0.15, -0.1) is 0 Å². The van der Waals surface area contributed by atoms with Gasteiger partial charge in [0.05, 0.1) is 24.7 Å². The number of imidazole rings is 1. The lowest BCUT2D eigenvalue weighted by atomic mass is 10.2. The third-order valence-corrected chi connectivity index (χ3v) is 3.55. The topological polar surface area (TPSA) is 94.1 Å². The number of carbonyl (C=O) groups is 1. The van der Waals surface area contributed by atoms with Crippen LogP contribution in [0.25, 0.3) is 0 Å². The second-order valence-electron chi connectivity index (χ2n) is 5.15. The highest BCUT2D eigenvalue weighted by atomic mass is 16.3. The van der Waals surface area contributed by atoms with E-state index in [0.717, 1.165) is 11.5 Å². The van der Waals surface area contributed by atoms with E-state index in [4.69, 9.17) is 0 Å². The fourth-order valence-electron chi connectivity index (χ4n) is 2.45. The first-order valence-electron chi connectivity index (χ1n) is 6.79. The van der Waals surface area contributed by atoms with Crippen LogP contribution in [0.4, 0.5) is 5.82 Å². The van der Waals surface area contributed by atoms with Gasteiger partial charge in [0.15, 0.2) is 0 Å². The van der Waals surface area contributed by atoms with E-state index in [1.54, 1.807) is 0 Å². The molecule has 21 heavy (non-hydrogen) atoms. The molecule has 2 atom stereocenters. The van der Waals surface area contributed by atoms with Crippen LogP contribution in [0.5, 0.6) is 0 Å². The molecule has 0 unspecified atom stereocenters. The lowest BCUT2D eigenvalue weighted by Gasteiger charge is -2.17. The number of nitrogens with zero attached hydrogens (tertiary/aromatic N) is 3. The van der Waals surface area contributed by atoms with Crippen molar-refractivity contribution in [3.8, 4) is 0 Å². The minimum Gasteiger partial charge on any atom is -0.389 e. The van der Waals surface area contributed by atoms with E-state index in [-0.39, 0.29) is 11.9 Å². The zero-order valence-corrected chi connectivity index (χ0v) is 11.7. The molecule has 0 bridgehead atoms. The number of hydrogen-bond acceptors (Lipinski definition) is 5. The van der Waals surface area contributed by atoms with Gasteiger partial charge in [0.25, 0.3) is 5.91 Å². The van der Waals surface area contributed by atoms with Crippen LogP contribution in [-0.2, 0) is 0 Å². The van der Waals surface area contributed by atoms with Gasteiger partial charge in [-0.1, -0.05) is 6.07 Å². The molecule has 3 heterocycles. The number of carbonyl (C=O) groups excluding carboxylic acids is 1. The Hall–Kier alpha value is -2.41. The summed E-state index contributed by atoms with van der Waals surface area (Å²) in [5.74, 6) is 0.544. The van der Waals surface area contributed by atoms with Crippen LogP contribution in [0, 0.1) is 6.92 Å². The first-order valence-corrected chi connectivity index (χ1v) is 6.79. The Bertz CT molecular complexity index is 628. The highest BCUT2D eigenvalue weighted by molar-refractivity contribution is 5.92. The van der Waals surface area contributed by atoms with Crippen molar-refractivity contribution in [2.75, 3.05) is 18.0 Å². The quantitative estimate of drug-likeness (QED) is 0.744. The molecule has 0 spiro atoms. The maximum absolute atomic E-state index is 12.0. The van der Waals surface area contributed by atoms with Crippen LogP contribution in [0.1, 0.15) is 16.2 Å². The molecule has 1 aliphatic heterocycles. The number of aliphatic hydroxyl groups is 1. The van der Waals surface area contributed by atoms with Crippen molar-refractivity contribution in [3.05, 3.63) is 42.1 Å². The molecule has 1 aliphatic rings. The summed E-state index contributed by atoms with van der Waals surface area (Å²) in [6.45, 7) is 2.90. The number of aryl methyl sites for hydroxylation is 1. The van der Waals surface area contributed by atoms with Crippen LogP contribution in [0.2, 0.25) is 0 Å². The number of aromatic amines is 1. The first-order chi connectivity index (χ1) is 10.1. The molecule has 7 heteroatoms. The van der Waals surface area contributed by atoms with Crippen molar-refractivity contribution in [1.29, 1.82) is 0 Å². The molecular formula is C14H17N5O2. The predicted molar refractivity (Wildman–Crippen MR) is 77.0 cm³/mol. The Morgan fingerprint density at radius 2 is 2.33 bits per heavy atom. The van der Waals surface area contributed by atoms with Gasteiger partial charge in [0.1, 0.15) is 11.5 Å². The second kappa shape index (κ2) is 5.53. The number of nitrogens with one attached hydrogen (secondary N) is 2. The minimum atomic E-state index is -0.626. The standard InChI is InChI=1S/C14H17N5O2/c1-9-3-2-4-13(17-9)19-6-11(12(20)7-19)18-14(21)10-5-15-8-16-10/h2-5,8,11-12,20H,6-7H2,1H3,(H,15,16)(H,18,21)/t11-,12-/m1/s1. The van der Waals surface area contributed by atoms with Crippen LogP contribution < -0.4 is 10.2 Å². The monoisotopic (exact) mass is 287 g/mol. The summed E-state index contributed by atoms with van der Waals surface area (Å²) in [6.07, 6.45) is 2.28. The highest BCUT2D eigenvalue weighted by Crippen LogP contribution is 2.19. The molecule has 1 amide bonds. The highest BCUT2D eigenvalue weighted by Gasteiger charge is 2.33. The Labute approximate surface area is 122 Å². The van der Waals surface area contributed by atoms with Crippen molar-refractivity contribution < 1.29 is 9.90 Å². The number of hydrogen-bond donors (Lipinski definition) is 3. The maximum atomic E-state index is 12.0. The second-order valence-corrected chi connectivity index (χ2v) is 5.15. The molecule has 1 fully saturated rings. The van der Waals surface area contributed by atoms with Crippen LogP contribution >= 0.6 is 0 Å². The number of pyridine rings is 1. The Morgan fingerprint density at radius 1 is 1.48 bits per heavy atom. The van der Waals surface area contributed by atoms with E-state index < -0.39 is 6.10 Å². The van der Waals surface area contributed by atoms with Gasteiger partial charge in [-0.25, -0.2) is 9.97 Å². The lowest BCUT2D eigenvalue weighted by Crippen LogP contribution is -2.43. The molecule has 1 saturated heterocycles.